The Morgan fingerprint density at radius 1 is 1.18 bits per heavy atom. The molecule has 3 aromatic rings. The molecule has 2 aliphatic heterocycles. The standard InChI is InChI=1S/C29H34N4O5/c1-18-17-38-26(32-18)16-31-29(36)22-14-20(15-25-21(22)9-6-12-37-25)28(35)33-24(13-19-7-3-2-4-8-19)27(34)23-10-5-11-30-23/h2-4,7-8,14-15,17,23-24,27,30,34H,5-6,9-13,16H2,1H3,(H,31,36)(H,33,35). The quantitative estimate of drug-likeness (QED) is 0.343. The second-order valence-corrected chi connectivity index (χ2v) is 9.98. The number of aryl methyl sites for hydroxylation is 1. The number of nitrogens with one attached hydrogen (secondary N) is 3. The van der Waals surface area contributed by atoms with Crippen LogP contribution < -0.4 is 20.7 Å². The highest BCUT2D eigenvalue weighted by Gasteiger charge is 2.32. The first-order valence-corrected chi connectivity index (χ1v) is 13.2. The van der Waals surface area contributed by atoms with Crippen LogP contribution in [0.3, 0.4) is 0 Å². The highest BCUT2D eigenvalue weighted by molar-refractivity contribution is 6.01. The lowest BCUT2D eigenvalue weighted by Gasteiger charge is -2.29. The third-order valence-corrected chi connectivity index (χ3v) is 7.15. The molecule has 0 aliphatic carbocycles. The van der Waals surface area contributed by atoms with Gasteiger partial charge in [0.1, 0.15) is 12.0 Å². The van der Waals surface area contributed by atoms with E-state index < -0.39 is 12.1 Å². The Kier molecular flexibility index (Phi) is 8.05. The molecular weight excluding hydrogens is 484 g/mol. The maximum atomic E-state index is 13.6. The van der Waals surface area contributed by atoms with Gasteiger partial charge in [-0.05, 0) is 63.3 Å². The number of fused-ring (bicyclic) bond motifs is 1. The molecule has 2 amide bonds. The van der Waals surface area contributed by atoms with Crippen LogP contribution in [0.5, 0.6) is 5.75 Å². The topological polar surface area (TPSA) is 126 Å². The van der Waals surface area contributed by atoms with Crippen LogP contribution in [0.15, 0.2) is 53.1 Å². The van der Waals surface area contributed by atoms with Crippen LogP contribution in [-0.4, -0.2) is 53.2 Å². The lowest BCUT2D eigenvalue weighted by atomic mass is 9.94. The molecule has 200 valence electrons. The van der Waals surface area contributed by atoms with Crippen molar-refractivity contribution in [1.29, 1.82) is 0 Å². The van der Waals surface area contributed by atoms with Crippen molar-refractivity contribution in [2.45, 2.75) is 63.8 Å². The van der Waals surface area contributed by atoms with Crippen LogP contribution in [0.25, 0.3) is 0 Å². The predicted molar refractivity (Wildman–Crippen MR) is 141 cm³/mol. The van der Waals surface area contributed by atoms with Gasteiger partial charge in [0.25, 0.3) is 11.8 Å². The van der Waals surface area contributed by atoms with Crippen molar-refractivity contribution in [2.24, 2.45) is 0 Å². The number of rotatable bonds is 9. The van der Waals surface area contributed by atoms with Crippen molar-refractivity contribution in [2.75, 3.05) is 13.2 Å². The van der Waals surface area contributed by atoms with E-state index in [9.17, 15) is 14.7 Å². The summed E-state index contributed by atoms with van der Waals surface area (Å²) in [6.07, 6.45) is 4.56. The number of benzene rings is 2. The summed E-state index contributed by atoms with van der Waals surface area (Å²) in [6, 6.07) is 12.5. The molecular formula is C29H34N4O5. The highest BCUT2D eigenvalue weighted by Crippen LogP contribution is 2.30. The minimum absolute atomic E-state index is 0.0870. The van der Waals surface area contributed by atoms with E-state index in [2.05, 4.69) is 20.9 Å². The van der Waals surface area contributed by atoms with Gasteiger partial charge in [-0.2, -0.15) is 0 Å². The van der Waals surface area contributed by atoms with Gasteiger partial charge in [0.2, 0.25) is 5.89 Å². The Bertz CT molecular complexity index is 1270. The number of carbonyl (C=O) groups excluding carboxylic acids is 2. The van der Waals surface area contributed by atoms with Gasteiger partial charge in [-0.25, -0.2) is 4.98 Å². The second-order valence-electron chi connectivity index (χ2n) is 9.98. The summed E-state index contributed by atoms with van der Waals surface area (Å²) < 4.78 is 11.2. The van der Waals surface area contributed by atoms with Gasteiger partial charge in [-0.3, -0.25) is 9.59 Å². The molecule has 38 heavy (non-hydrogen) atoms. The zero-order valence-corrected chi connectivity index (χ0v) is 21.5. The van der Waals surface area contributed by atoms with Crippen LogP contribution in [0.2, 0.25) is 0 Å². The molecule has 0 bridgehead atoms. The highest BCUT2D eigenvalue weighted by atomic mass is 16.5. The summed E-state index contributed by atoms with van der Waals surface area (Å²) in [5, 5.41) is 20.4. The Hall–Kier alpha value is -3.69. The van der Waals surface area contributed by atoms with Crippen molar-refractivity contribution < 1.29 is 23.8 Å². The maximum Gasteiger partial charge on any atom is 0.252 e. The molecule has 3 heterocycles. The first kappa shape index (κ1) is 25.9. The van der Waals surface area contributed by atoms with Gasteiger partial charge in [-0.15, -0.1) is 0 Å². The predicted octanol–water partition coefficient (Wildman–Crippen LogP) is 2.69. The molecule has 2 aliphatic rings. The zero-order chi connectivity index (χ0) is 26.5. The van der Waals surface area contributed by atoms with E-state index >= 15 is 0 Å². The summed E-state index contributed by atoms with van der Waals surface area (Å²) >= 11 is 0. The van der Waals surface area contributed by atoms with Gasteiger partial charge < -0.3 is 30.2 Å². The molecule has 0 radical (unpaired) electrons. The molecule has 3 atom stereocenters. The first-order valence-electron chi connectivity index (χ1n) is 13.2. The fraction of sp³-hybridized carbons (Fsp3) is 0.414. The number of ether oxygens (including phenoxy) is 1. The number of hydrogen-bond acceptors (Lipinski definition) is 7. The van der Waals surface area contributed by atoms with Crippen molar-refractivity contribution in [1.82, 2.24) is 20.9 Å². The monoisotopic (exact) mass is 518 g/mol. The maximum absolute atomic E-state index is 13.6. The molecule has 9 nitrogen and oxygen atoms in total. The number of aliphatic hydroxyl groups excluding tert-OH is 1. The Morgan fingerprint density at radius 2 is 2.03 bits per heavy atom. The van der Waals surface area contributed by atoms with Crippen molar-refractivity contribution in [3.63, 3.8) is 0 Å². The van der Waals surface area contributed by atoms with Crippen LogP contribution in [0, 0.1) is 6.92 Å². The van der Waals surface area contributed by atoms with E-state index in [1.165, 1.54) is 6.26 Å². The molecule has 0 saturated carbocycles. The van der Waals surface area contributed by atoms with E-state index in [1.807, 2.05) is 37.3 Å². The third-order valence-electron chi connectivity index (χ3n) is 7.15. The summed E-state index contributed by atoms with van der Waals surface area (Å²) in [5.41, 5.74) is 3.25. The fourth-order valence-corrected chi connectivity index (χ4v) is 5.19. The summed E-state index contributed by atoms with van der Waals surface area (Å²) in [4.78, 5) is 31.0. The fourth-order valence-electron chi connectivity index (χ4n) is 5.19. The normalized spacial score (nSPS) is 18.2. The van der Waals surface area contributed by atoms with Crippen molar-refractivity contribution >= 4 is 11.8 Å². The summed E-state index contributed by atoms with van der Waals surface area (Å²) in [5.74, 6) is 0.261. The third kappa shape index (κ3) is 6.06. The lowest BCUT2D eigenvalue weighted by molar-refractivity contribution is 0.0737. The molecule has 1 saturated heterocycles. The Morgan fingerprint density at radius 3 is 2.76 bits per heavy atom. The molecule has 9 heteroatoms. The molecule has 3 unspecified atom stereocenters. The summed E-state index contributed by atoms with van der Waals surface area (Å²) in [6.45, 7) is 3.33. The van der Waals surface area contributed by atoms with Gasteiger partial charge >= 0.3 is 0 Å². The van der Waals surface area contributed by atoms with E-state index in [0.717, 1.165) is 42.6 Å². The van der Waals surface area contributed by atoms with E-state index in [0.29, 0.717) is 42.2 Å². The number of amides is 2. The minimum atomic E-state index is -0.762. The smallest absolute Gasteiger partial charge is 0.252 e. The Balaban J connectivity index is 1.38. The average Bonchev–Trinajstić information content (AvgIpc) is 3.63. The van der Waals surface area contributed by atoms with Crippen LogP contribution in [0.1, 0.15) is 62.7 Å². The molecule has 1 fully saturated rings. The lowest BCUT2D eigenvalue weighted by Crippen LogP contribution is -2.52. The number of nitrogens with zero attached hydrogens (tertiary/aromatic N) is 1. The largest absolute Gasteiger partial charge is 0.493 e. The zero-order valence-electron chi connectivity index (χ0n) is 21.5. The van der Waals surface area contributed by atoms with E-state index in [1.54, 1.807) is 12.1 Å². The first-order chi connectivity index (χ1) is 18.5. The van der Waals surface area contributed by atoms with Gasteiger partial charge in [0, 0.05) is 22.7 Å². The average molecular weight is 519 g/mol. The number of aromatic nitrogens is 1. The van der Waals surface area contributed by atoms with Crippen molar-refractivity contribution in [3.05, 3.63) is 82.6 Å². The molecule has 4 N–H and O–H groups in total. The number of oxazole rings is 1. The van der Waals surface area contributed by atoms with Crippen LogP contribution in [-0.2, 0) is 19.4 Å². The van der Waals surface area contributed by atoms with E-state index in [-0.39, 0.29) is 24.4 Å². The van der Waals surface area contributed by atoms with Crippen LogP contribution in [0.4, 0.5) is 0 Å². The molecule has 1 aromatic heterocycles. The number of aliphatic hydroxyl groups is 1. The number of carbonyl (C=O) groups is 2. The second kappa shape index (κ2) is 11.8. The minimum Gasteiger partial charge on any atom is -0.493 e. The molecule has 5 rings (SSSR count). The molecule has 2 aromatic carbocycles. The van der Waals surface area contributed by atoms with Crippen LogP contribution >= 0.6 is 0 Å². The van der Waals surface area contributed by atoms with Crippen molar-refractivity contribution in [3.8, 4) is 5.75 Å². The van der Waals surface area contributed by atoms with Gasteiger partial charge in [-0.1, -0.05) is 30.3 Å². The SMILES string of the molecule is Cc1coc(CNC(=O)c2cc(C(=O)NC(Cc3ccccc3)C(O)C3CCCN3)cc3c2CCCO3)n1. The molecule has 0 spiro atoms. The number of hydrogen-bond donors (Lipinski definition) is 4. The Labute approximate surface area is 222 Å². The van der Waals surface area contributed by atoms with E-state index in [4.69, 9.17) is 9.15 Å². The summed E-state index contributed by atoms with van der Waals surface area (Å²) in [7, 11) is 0. The van der Waals surface area contributed by atoms with Gasteiger partial charge in [0.15, 0.2) is 0 Å². The van der Waals surface area contributed by atoms with Gasteiger partial charge in [0.05, 0.1) is 31.0 Å².